The predicted octanol–water partition coefficient (Wildman–Crippen LogP) is 2.91. The van der Waals surface area contributed by atoms with E-state index in [-0.39, 0.29) is 5.54 Å². The van der Waals surface area contributed by atoms with Crippen molar-refractivity contribution in [2.24, 2.45) is 16.8 Å². The molecule has 0 bridgehead atoms. The van der Waals surface area contributed by atoms with Gasteiger partial charge in [-0.25, -0.2) is 4.99 Å². The van der Waals surface area contributed by atoms with Gasteiger partial charge >= 0.3 is 0 Å². The van der Waals surface area contributed by atoms with Crippen LogP contribution in [0.25, 0.3) is 0 Å². The van der Waals surface area contributed by atoms with Gasteiger partial charge in [0.2, 0.25) is 5.90 Å². The number of aliphatic imine (C=N–C) groups is 1. The summed E-state index contributed by atoms with van der Waals surface area (Å²) in [5.74, 6) is 1.61. The molecule has 0 fully saturated rings. The van der Waals surface area contributed by atoms with E-state index in [1.807, 2.05) is 18.2 Å². The number of nitrogens with zero attached hydrogens (tertiary/aromatic N) is 2. The summed E-state index contributed by atoms with van der Waals surface area (Å²) < 4.78 is 5.77. The monoisotopic (exact) mass is 232 g/mol. The first-order valence-corrected chi connectivity index (χ1v) is 6.20. The molecule has 0 spiro atoms. The molecule has 0 unspecified atom stereocenters. The molecule has 1 aliphatic rings. The number of hydrogen-bond acceptors (Lipinski definition) is 3. The average Bonchev–Trinajstić information content (AvgIpc) is 2.76. The van der Waals surface area contributed by atoms with Crippen molar-refractivity contribution in [3.63, 3.8) is 0 Å². The molecule has 2 heterocycles. The number of aromatic nitrogens is 1. The molecule has 0 saturated heterocycles. The number of pyridine rings is 1. The zero-order valence-electron chi connectivity index (χ0n) is 11.0. The van der Waals surface area contributed by atoms with Crippen molar-refractivity contribution in [3.05, 3.63) is 30.1 Å². The van der Waals surface area contributed by atoms with Crippen LogP contribution in [0.2, 0.25) is 0 Å². The third-order valence-electron chi connectivity index (χ3n) is 3.63. The van der Waals surface area contributed by atoms with E-state index < -0.39 is 0 Å². The van der Waals surface area contributed by atoms with Crippen LogP contribution in [0, 0.1) is 11.8 Å². The Balaban J connectivity index is 2.35. The molecule has 0 atom stereocenters. The molecule has 0 aromatic carbocycles. The molecule has 92 valence electrons. The first kappa shape index (κ1) is 12.1. The van der Waals surface area contributed by atoms with Gasteiger partial charge in [-0.2, -0.15) is 0 Å². The second kappa shape index (κ2) is 4.47. The van der Waals surface area contributed by atoms with Gasteiger partial charge in [0, 0.05) is 6.20 Å². The lowest BCUT2D eigenvalue weighted by Crippen LogP contribution is -2.40. The first-order valence-electron chi connectivity index (χ1n) is 6.20. The topological polar surface area (TPSA) is 34.5 Å². The van der Waals surface area contributed by atoms with E-state index in [9.17, 15) is 0 Å². The van der Waals surface area contributed by atoms with Crippen molar-refractivity contribution in [2.45, 2.75) is 33.2 Å². The quantitative estimate of drug-likeness (QED) is 0.803. The maximum Gasteiger partial charge on any atom is 0.236 e. The molecule has 2 rings (SSSR count). The summed E-state index contributed by atoms with van der Waals surface area (Å²) in [6, 6.07) is 5.80. The smallest absolute Gasteiger partial charge is 0.236 e. The Morgan fingerprint density at radius 1 is 1.18 bits per heavy atom. The van der Waals surface area contributed by atoms with Crippen LogP contribution in [-0.2, 0) is 4.74 Å². The molecule has 0 saturated carbocycles. The summed E-state index contributed by atoms with van der Waals surface area (Å²) >= 11 is 0. The highest BCUT2D eigenvalue weighted by Gasteiger charge is 2.42. The van der Waals surface area contributed by atoms with Gasteiger partial charge in [-0.05, 0) is 24.0 Å². The van der Waals surface area contributed by atoms with Crippen molar-refractivity contribution >= 4 is 5.90 Å². The van der Waals surface area contributed by atoms with E-state index in [0.717, 1.165) is 5.69 Å². The number of ether oxygens (including phenoxy) is 1. The molecule has 1 aromatic rings. The molecule has 0 aliphatic carbocycles. The van der Waals surface area contributed by atoms with Crippen LogP contribution in [0.3, 0.4) is 0 Å². The summed E-state index contributed by atoms with van der Waals surface area (Å²) in [5.41, 5.74) is 0.725. The Morgan fingerprint density at radius 2 is 1.88 bits per heavy atom. The Kier molecular flexibility index (Phi) is 3.18. The predicted molar refractivity (Wildman–Crippen MR) is 69.1 cm³/mol. The van der Waals surface area contributed by atoms with Crippen molar-refractivity contribution in [2.75, 3.05) is 6.61 Å². The zero-order valence-corrected chi connectivity index (χ0v) is 11.0. The van der Waals surface area contributed by atoms with E-state index in [1.165, 1.54) is 0 Å². The molecule has 1 aliphatic heterocycles. The van der Waals surface area contributed by atoms with Gasteiger partial charge in [0.15, 0.2) is 0 Å². The highest BCUT2D eigenvalue weighted by atomic mass is 16.5. The van der Waals surface area contributed by atoms with Crippen LogP contribution >= 0.6 is 0 Å². The third kappa shape index (κ3) is 2.06. The maximum absolute atomic E-state index is 5.77. The third-order valence-corrected chi connectivity index (χ3v) is 3.63. The van der Waals surface area contributed by atoms with Crippen molar-refractivity contribution in [1.29, 1.82) is 0 Å². The van der Waals surface area contributed by atoms with Crippen LogP contribution in [-0.4, -0.2) is 23.0 Å². The molecular formula is C14H20N2O. The maximum atomic E-state index is 5.77. The summed E-state index contributed by atoms with van der Waals surface area (Å²) in [6.07, 6.45) is 1.77. The Labute approximate surface area is 103 Å². The van der Waals surface area contributed by atoms with Crippen LogP contribution in [0.5, 0.6) is 0 Å². The minimum atomic E-state index is -0.104. The minimum absolute atomic E-state index is 0.104. The fraction of sp³-hybridized carbons (Fsp3) is 0.571. The summed E-state index contributed by atoms with van der Waals surface area (Å²) in [5, 5.41) is 0. The van der Waals surface area contributed by atoms with Crippen LogP contribution in [0.15, 0.2) is 29.4 Å². The standard InChI is InChI=1S/C14H20N2O/c1-10(2)14(11(3)4)9-17-13(16-14)12-7-5-6-8-15-12/h5-8,10-11H,9H2,1-4H3. The summed E-state index contributed by atoms with van der Waals surface area (Å²) in [4.78, 5) is 9.11. The van der Waals surface area contributed by atoms with Crippen molar-refractivity contribution < 1.29 is 4.74 Å². The zero-order chi connectivity index (χ0) is 12.5. The molecule has 3 heteroatoms. The van der Waals surface area contributed by atoms with Gasteiger partial charge in [-0.1, -0.05) is 33.8 Å². The Morgan fingerprint density at radius 3 is 2.35 bits per heavy atom. The average molecular weight is 232 g/mol. The molecule has 17 heavy (non-hydrogen) atoms. The van der Waals surface area contributed by atoms with Gasteiger partial charge in [0.1, 0.15) is 17.8 Å². The fourth-order valence-corrected chi connectivity index (χ4v) is 2.32. The second-order valence-corrected chi connectivity index (χ2v) is 5.22. The lowest BCUT2D eigenvalue weighted by Gasteiger charge is -2.32. The van der Waals surface area contributed by atoms with Crippen LogP contribution in [0.1, 0.15) is 33.4 Å². The molecule has 0 radical (unpaired) electrons. The van der Waals surface area contributed by atoms with Gasteiger partial charge < -0.3 is 4.74 Å². The molecular weight excluding hydrogens is 212 g/mol. The van der Waals surface area contributed by atoms with Crippen molar-refractivity contribution in [3.8, 4) is 0 Å². The molecule has 0 N–H and O–H groups in total. The highest BCUT2D eigenvalue weighted by Crippen LogP contribution is 2.35. The minimum Gasteiger partial charge on any atom is -0.474 e. The van der Waals surface area contributed by atoms with Crippen molar-refractivity contribution in [1.82, 2.24) is 4.98 Å². The van der Waals surface area contributed by atoms with Gasteiger partial charge in [-0.3, -0.25) is 4.98 Å². The van der Waals surface area contributed by atoms with E-state index in [2.05, 4.69) is 32.7 Å². The number of rotatable bonds is 3. The lowest BCUT2D eigenvalue weighted by molar-refractivity contribution is 0.159. The first-order chi connectivity index (χ1) is 8.06. The van der Waals surface area contributed by atoms with Crippen LogP contribution in [0.4, 0.5) is 0 Å². The highest BCUT2D eigenvalue weighted by molar-refractivity contribution is 5.93. The normalized spacial score (nSPS) is 18.4. The van der Waals surface area contributed by atoms with E-state index in [1.54, 1.807) is 6.20 Å². The molecule has 0 amide bonds. The molecule has 1 aromatic heterocycles. The van der Waals surface area contributed by atoms with Gasteiger partial charge in [0.25, 0.3) is 0 Å². The van der Waals surface area contributed by atoms with Crippen LogP contribution < -0.4 is 0 Å². The SMILES string of the molecule is CC(C)C1(C(C)C)COC(c2ccccn2)=N1. The Hall–Kier alpha value is -1.38. The summed E-state index contributed by atoms with van der Waals surface area (Å²) in [6.45, 7) is 9.47. The largest absolute Gasteiger partial charge is 0.474 e. The van der Waals surface area contributed by atoms with E-state index in [4.69, 9.17) is 9.73 Å². The Bertz CT molecular complexity index is 401. The van der Waals surface area contributed by atoms with E-state index >= 15 is 0 Å². The summed E-state index contributed by atoms with van der Waals surface area (Å²) in [7, 11) is 0. The van der Waals surface area contributed by atoms with E-state index in [0.29, 0.717) is 24.3 Å². The van der Waals surface area contributed by atoms with Gasteiger partial charge in [0.05, 0.1) is 0 Å². The van der Waals surface area contributed by atoms with Gasteiger partial charge in [-0.15, -0.1) is 0 Å². The molecule has 3 nitrogen and oxygen atoms in total. The lowest BCUT2D eigenvalue weighted by atomic mass is 9.78. The second-order valence-electron chi connectivity index (χ2n) is 5.22. The number of hydrogen-bond donors (Lipinski definition) is 0. The fourth-order valence-electron chi connectivity index (χ4n) is 2.32.